The lowest BCUT2D eigenvalue weighted by molar-refractivity contribution is 0.0600. The highest BCUT2D eigenvalue weighted by atomic mass is 16.5. The number of unbranched alkanes of at least 4 members (excludes halogenated alkanes) is 1. The molecule has 0 N–H and O–H groups in total. The van der Waals surface area contributed by atoms with Crippen LogP contribution in [0.2, 0.25) is 0 Å². The Kier molecular flexibility index (Phi) is 6.87. The minimum Gasteiger partial charge on any atom is -0.491 e. The second-order valence-corrected chi connectivity index (χ2v) is 3.83. The van der Waals surface area contributed by atoms with E-state index in [2.05, 4.69) is 11.7 Å². The number of hydrogen-bond acceptors (Lipinski definition) is 4. The summed E-state index contributed by atoms with van der Waals surface area (Å²) in [5, 5.41) is 0. The van der Waals surface area contributed by atoms with E-state index in [0.717, 1.165) is 25.2 Å². The molecule has 0 aliphatic rings. The number of hydrogen-bond donors (Lipinski definition) is 0. The Labute approximate surface area is 108 Å². The van der Waals surface area contributed by atoms with E-state index in [-0.39, 0.29) is 5.97 Å². The third-order valence-corrected chi connectivity index (χ3v) is 2.41. The van der Waals surface area contributed by atoms with E-state index in [0.29, 0.717) is 18.8 Å². The van der Waals surface area contributed by atoms with Crippen LogP contribution in [0.1, 0.15) is 30.1 Å². The van der Waals surface area contributed by atoms with Gasteiger partial charge in [-0.05, 0) is 30.7 Å². The summed E-state index contributed by atoms with van der Waals surface area (Å²) in [4.78, 5) is 11.2. The average Bonchev–Trinajstić information content (AvgIpc) is 2.42. The number of carbonyl (C=O) groups is 1. The van der Waals surface area contributed by atoms with Crippen LogP contribution in [0.15, 0.2) is 24.3 Å². The first kappa shape index (κ1) is 14.5. The van der Waals surface area contributed by atoms with Crippen molar-refractivity contribution in [1.29, 1.82) is 0 Å². The molecule has 100 valence electrons. The van der Waals surface area contributed by atoms with Crippen molar-refractivity contribution in [3.8, 4) is 5.75 Å². The quantitative estimate of drug-likeness (QED) is 0.527. The number of carbonyl (C=O) groups excluding carboxylic acids is 1. The van der Waals surface area contributed by atoms with Gasteiger partial charge in [0.25, 0.3) is 0 Å². The second-order valence-electron chi connectivity index (χ2n) is 3.83. The van der Waals surface area contributed by atoms with Crippen molar-refractivity contribution in [2.75, 3.05) is 26.9 Å². The fraction of sp³-hybridized carbons (Fsp3) is 0.500. The molecule has 0 aliphatic carbocycles. The summed E-state index contributed by atoms with van der Waals surface area (Å²) in [7, 11) is 1.36. The molecular formula is C14H20O4. The molecule has 0 spiro atoms. The van der Waals surface area contributed by atoms with E-state index in [1.165, 1.54) is 7.11 Å². The molecule has 0 aliphatic heterocycles. The summed E-state index contributed by atoms with van der Waals surface area (Å²) in [6, 6.07) is 6.86. The minimum atomic E-state index is -0.343. The van der Waals surface area contributed by atoms with Gasteiger partial charge in [-0.1, -0.05) is 13.3 Å². The molecule has 0 saturated heterocycles. The molecule has 0 radical (unpaired) electrons. The maximum atomic E-state index is 11.2. The van der Waals surface area contributed by atoms with Crippen LogP contribution in [0.25, 0.3) is 0 Å². The second kappa shape index (κ2) is 8.53. The molecule has 1 rings (SSSR count). The molecule has 18 heavy (non-hydrogen) atoms. The summed E-state index contributed by atoms with van der Waals surface area (Å²) in [5.74, 6) is 0.381. The van der Waals surface area contributed by atoms with E-state index >= 15 is 0 Å². The SMILES string of the molecule is CCCCOCCOc1ccc(C(=O)OC)cc1. The Morgan fingerprint density at radius 3 is 2.44 bits per heavy atom. The zero-order valence-electron chi connectivity index (χ0n) is 11.0. The van der Waals surface area contributed by atoms with E-state index in [1.807, 2.05) is 0 Å². The lowest BCUT2D eigenvalue weighted by atomic mass is 10.2. The molecular weight excluding hydrogens is 232 g/mol. The lowest BCUT2D eigenvalue weighted by Gasteiger charge is -2.07. The van der Waals surface area contributed by atoms with Crippen molar-refractivity contribution in [2.24, 2.45) is 0 Å². The smallest absolute Gasteiger partial charge is 0.337 e. The van der Waals surface area contributed by atoms with Crippen molar-refractivity contribution >= 4 is 5.97 Å². The summed E-state index contributed by atoms with van der Waals surface area (Å²) in [6.07, 6.45) is 2.21. The standard InChI is InChI=1S/C14H20O4/c1-3-4-9-17-10-11-18-13-7-5-12(6-8-13)14(15)16-2/h5-8H,3-4,9-11H2,1-2H3. The first-order chi connectivity index (χ1) is 8.77. The molecule has 4 heteroatoms. The fourth-order valence-corrected chi connectivity index (χ4v) is 1.37. The maximum absolute atomic E-state index is 11.2. The molecule has 0 aromatic heterocycles. The van der Waals surface area contributed by atoms with E-state index in [4.69, 9.17) is 9.47 Å². The van der Waals surface area contributed by atoms with Crippen LogP contribution in [0.5, 0.6) is 5.75 Å². The molecule has 1 aromatic rings. The highest BCUT2D eigenvalue weighted by Crippen LogP contribution is 2.12. The van der Waals surface area contributed by atoms with Gasteiger partial charge in [0.1, 0.15) is 12.4 Å². The van der Waals surface area contributed by atoms with Gasteiger partial charge in [0, 0.05) is 6.61 Å². The number of benzene rings is 1. The van der Waals surface area contributed by atoms with Gasteiger partial charge in [-0.25, -0.2) is 4.79 Å². The molecule has 1 aromatic carbocycles. The van der Waals surface area contributed by atoms with Gasteiger partial charge in [-0.15, -0.1) is 0 Å². The summed E-state index contributed by atoms with van der Waals surface area (Å²) < 4.78 is 15.5. The van der Waals surface area contributed by atoms with E-state index in [9.17, 15) is 4.79 Å². The topological polar surface area (TPSA) is 44.8 Å². The molecule has 0 atom stereocenters. The molecule has 0 unspecified atom stereocenters. The zero-order chi connectivity index (χ0) is 13.2. The van der Waals surface area contributed by atoms with Gasteiger partial charge < -0.3 is 14.2 Å². The minimum absolute atomic E-state index is 0.343. The Balaban J connectivity index is 2.25. The van der Waals surface area contributed by atoms with Crippen LogP contribution in [-0.4, -0.2) is 32.9 Å². The number of methoxy groups -OCH3 is 1. The van der Waals surface area contributed by atoms with Crippen molar-refractivity contribution in [3.63, 3.8) is 0 Å². The van der Waals surface area contributed by atoms with Crippen molar-refractivity contribution in [1.82, 2.24) is 0 Å². The third-order valence-electron chi connectivity index (χ3n) is 2.41. The number of esters is 1. The van der Waals surface area contributed by atoms with E-state index in [1.54, 1.807) is 24.3 Å². The normalized spacial score (nSPS) is 10.1. The van der Waals surface area contributed by atoms with E-state index < -0.39 is 0 Å². The Morgan fingerprint density at radius 2 is 1.83 bits per heavy atom. The largest absolute Gasteiger partial charge is 0.491 e. The van der Waals surface area contributed by atoms with Crippen molar-refractivity contribution in [2.45, 2.75) is 19.8 Å². The molecule has 0 bridgehead atoms. The summed E-state index contributed by atoms with van der Waals surface area (Å²) in [6.45, 7) is 4.00. The summed E-state index contributed by atoms with van der Waals surface area (Å²) in [5.41, 5.74) is 0.518. The van der Waals surface area contributed by atoms with Crippen LogP contribution < -0.4 is 4.74 Å². The monoisotopic (exact) mass is 252 g/mol. The van der Waals surface area contributed by atoms with Crippen LogP contribution in [0, 0.1) is 0 Å². The van der Waals surface area contributed by atoms with Gasteiger partial charge in [0.2, 0.25) is 0 Å². The maximum Gasteiger partial charge on any atom is 0.337 e. The first-order valence-corrected chi connectivity index (χ1v) is 6.17. The Hall–Kier alpha value is -1.55. The highest BCUT2D eigenvalue weighted by Gasteiger charge is 2.04. The Bertz CT molecular complexity index is 345. The van der Waals surface area contributed by atoms with Gasteiger partial charge >= 0.3 is 5.97 Å². The number of rotatable bonds is 8. The first-order valence-electron chi connectivity index (χ1n) is 6.17. The van der Waals surface area contributed by atoms with Gasteiger partial charge in [0.05, 0.1) is 19.3 Å². The zero-order valence-corrected chi connectivity index (χ0v) is 11.0. The van der Waals surface area contributed by atoms with Gasteiger partial charge in [-0.3, -0.25) is 0 Å². The van der Waals surface area contributed by atoms with Gasteiger partial charge in [-0.2, -0.15) is 0 Å². The van der Waals surface area contributed by atoms with Crippen LogP contribution >= 0.6 is 0 Å². The molecule has 0 amide bonds. The third kappa shape index (κ3) is 5.19. The predicted octanol–water partition coefficient (Wildman–Crippen LogP) is 2.67. The average molecular weight is 252 g/mol. The lowest BCUT2D eigenvalue weighted by Crippen LogP contribution is -2.07. The molecule has 0 saturated carbocycles. The fourth-order valence-electron chi connectivity index (χ4n) is 1.37. The number of ether oxygens (including phenoxy) is 3. The molecule has 0 heterocycles. The van der Waals surface area contributed by atoms with Crippen LogP contribution in [0.4, 0.5) is 0 Å². The van der Waals surface area contributed by atoms with Crippen LogP contribution in [-0.2, 0) is 9.47 Å². The van der Waals surface area contributed by atoms with Gasteiger partial charge in [0.15, 0.2) is 0 Å². The van der Waals surface area contributed by atoms with Crippen molar-refractivity contribution < 1.29 is 19.0 Å². The predicted molar refractivity (Wildman–Crippen MR) is 69.0 cm³/mol. The highest BCUT2D eigenvalue weighted by molar-refractivity contribution is 5.89. The Morgan fingerprint density at radius 1 is 1.11 bits per heavy atom. The summed E-state index contributed by atoms with van der Waals surface area (Å²) >= 11 is 0. The van der Waals surface area contributed by atoms with Crippen LogP contribution in [0.3, 0.4) is 0 Å². The molecule has 0 fully saturated rings. The van der Waals surface area contributed by atoms with Crippen molar-refractivity contribution in [3.05, 3.63) is 29.8 Å². The molecule has 4 nitrogen and oxygen atoms in total.